The second kappa shape index (κ2) is 13.0. The van der Waals surface area contributed by atoms with Crippen molar-refractivity contribution < 1.29 is 16.8 Å². The van der Waals surface area contributed by atoms with Crippen molar-refractivity contribution in [3.8, 4) is 62.1 Å². The predicted octanol–water partition coefficient (Wildman–Crippen LogP) is 13.2. The lowest BCUT2D eigenvalue weighted by Gasteiger charge is -2.16. The summed E-state index contributed by atoms with van der Waals surface area (Å²) >= 11 is 0. The highest BCUT2D eigenvalue weighted by molar-refractivity contribution is 6.14. The molecule has 11 aromatic rings. The van der Waals surface area contributed by atoms with Gasteiger partial charge in [-0.25, -0.2) is 15.0 Å². The van der Waals surface area contributed by atoms with Gasteiger partial charge in [-0.15, -0.1) is 0 Å². The van der Waals surface area contributed by atoms with E-state index >= 15 is 0 Å². The minimum absolute atomic E-state index is 0.0492. The van der Waals surface area contributed by atoms with Gasteiger partial charge in [0.2, 0.25) is 0 Å². The van der Waals surface area contributed by atoms with Crippen molar-refractivity contribution in [2.24, 2.45) is 0 Å². The largest absolute Gasteiger partial charge is 0.456 e. The molecule has 0 spiro atoms. The van der Waals surface area contributed by atoms with Crippen molar-refractivity contribution >= 4 is 43.7 Å². The SMILES string of the molecule is [2H]c1c([2H])c([2H])c(-c2cccc3c4c([2H])c([2H])c([2H])c([2H])c4n(-c4ccccc4-c4ccc(-c5nc(-c6ccccc6)nc(-c6ccc7c(c6)oc6ccccc67)n5)cc4)c23)c([2H])c1[2H]. The van der Waals surface area contributed by atoms with E-state index in [2.05, 4.69) is 0 Å². The summed E-state index contributed by atoms with van der Waals surface area (Å²) in [6, 6.07) is 40.0. The third-order valence-corrected chi connectivity index (χ3v) is 10.1. The van der Waals surface area contributed by atoms with Crippen LogP contribution in [0.25, 0.3) is 106 Å². The molecule has 262 valence electrons. The van der Waals surface area contributed by atoms with Gasteiger partial charge in [0.05, 0.1) is 29.1 Å². The van der Waals surface area contributed by atoms with Crippen LogP contribution in [0.15, 0.2) is 198 Å². The first kappa shape index (κ1) is 23.9. The quantitative estimate of drug-likeness (QED) is 0.171. The molecule has 0 saturated carbocycles. The number of para-hydroxylation sites is 4. The zero-order valence-corrected chi connectivity index (χ0v) is 29.5. The molecule has 3 heterocycles. The van der Waals surface area contributed by atoms with Gasteiger partial charge in [-0.1, -0.05) is 164 Å². The lowest BCUT2D eigenvalue weighted by Crippen LogP contribution is -2.00. The highest BCUT2D eigenvalue weighted by Gasteiger charge is 2.19. The number of aromatic nitrogens is 4. The molecule has 0 saturated heterocycles. The van der Waals surface area contributed by atoms with Crippen molar-refractivity contribution in [1.29, 1.82) is 0 Å². The van der Waals surface area contributed by atoms with Crippen LogP contribution in [0.1, 0.15) is 12.3 Å². The maximum absolute atomic E-state index is 9.23. The molecule has 3 aromatic heterocycles. The van der Waals surface area contributed by atoms with Crippen molar-refractivity contribution in [2.75, 3.05) is 0 Å². The summed E-state index contributed by atoms with van der Waals surface area (Å²) in [5.41, 5.74) is 6.57. The Morgan fingerprint density at radius 3 is 1.86 bits per heavy atom. The van der Waals surface area contributed by atoms with Gasteiger partial charge in [0, 0.05) is 49.4 Å². The summed E-state index contributed by atoms with van der Waals surface area (Å²) in [6.07, 6.45) is 0. The predicted molar refractivity (Wildman–Crippen MR) is 229 cm³/mol. The van der Waals surface area contributed by atoms with Crippen molar-refractivity contribution in [3.05, 3.63) is 194 Å². The second-order valence-corrected chi connectivity index (χ2v) is 13.3. The normalized spacial score (nSPS) is 13.8. The van der Waals surface area contributed by atoms with E-state index in [-0.39, 0.29) is 34.1 Å². The Balaban J connectivity index is 1.10. The number of hydrogen-bond acceptors (Lipinski definition) is 4. The average Bonchev–Trinajstić information content (AvgIpc) is 3.90. The average molecular weight is 726 g/mol. The van der Waals surface area contributed by atoms with Gasteiger partial charge in [0.25, 0.3) is 0 Å². The van der Waals surface area contributed by atoms with E-state index in [1.165, 1.54) is 0 Å². The van der Waals surface area contributed by atoms with E-state index < -0.39 is 42.3 Å². The van der Waals surface area contributed by atoms with Crippen LogP contribution in [0, 0.1) is 0 Å². The number of rotatable bonds is 6. The summed E-state index contributed by atoms with van der Waals surface area (Å²) in [5, 5.41) is 2.68. The van der Waals surface area contributed by atoms with Crippen LogP contribution in [0.5, 0.6) is 0 Å². The summed E-state index contributed by atoms with van der Waals surface area (Å²) in [7, 11) is 0. The third kappa shape index (κ3) is 5.29. The molecule has 0 radical (unpaired) electrons. The first-order valence-corrected chi connectivity index (χ1v) is 18.0. The van der Waals surface area contributed by atoms with Crippen LogP contribution in [0.3, 0.4) is 0 Å². The van der Waals surface area contributed by atoms with Crippen LogP contribution < -0.4 is 0 Å². The molecule has 0 aliphatic rings. The molecular weight excluding hydrogens is 685 g/mol. The summed E-state index contributed by atoms with van der Waals surface area (Å²) < 4.78 is 86.7. The molecule has 0 amide bonds. The molecule has 5 nitrogen and oxygen atoms in total. The first-order chi connectivity index (χ1) is 31.5. The Hall–Kier alpha value is -7.63. The van der Waals surface area contributed by atoms with E-state index in [0.29, 0.717) is 50.8 Å². The first-order valence-electron chi connectivity index (χ1n) is 22.5. The third-order valence-electron chi connectivity index (χ3n) is 10.1. The van der Waals surface area contributed by atoms with Gasteiger partial charge < -0.3 is 8.98 Å². The fourth-order valence-electron chi connectivity index (χ4n) is 7.52. The molecule has 0 bridgehead atoms. The zero-order chi connectivity index (χ0) is 44.8. The van der Waals surface area contributed by atoms with Crippen molar-refractivity contribution in [3.63, 3.8) is 0 Å². The fourth-order valence-corrected chi connectivity index (χ4v) is 7.52. The number of fused-ring (bicyclic) bond motifs is 6. The molecule has 5 heteroatoms. The van der Waals surface area contributed by atoms with Crippen LogP contribution in [0.4, 0.5) is 0 Å². The minimum atomic E-state index is -0.529. The molecule has 0 N–H and O–H groups in total. The Labute approximate surface area is 335 Å². The van der Waals surface area contributed by atoms with Gasteiger partial charge in [-0.3, -0.25) is 0 Å². The van der Waals surface area contributed by atoms with Gasteiger partial charge in [-0.05, 0) is 41.4 Å². The highest BCUT2D eigenvalue weighted by atomic mass is 16.3. The number of nitrogens with zero attached hydrogens (tertiary/aromatic N) is 4. The van der Waals surface area contributed by atoms with Crippen molar-refractivity contribution in [1.82, 2.24) is 19.5 Å². The maximum Gasteiger partial charge on any atom is 0.164 e. The summed E-state index contributed by atoms with van der Waals surface area (Å²) in [6.45, 7) is 0. The molecule has 11 rings (SSSR count). The topological polar surface area (TPSA) is 56.7 Å². The van der Waals surface area contributed by atoms with Gasteiger partial charge in [-0.2, -0.15) is 0 Å². The molecule has 0 aliphatic carbocycles. The molecule has 0 atom stereocenters. The highest BCUT2D eigenvalue weighted by Crippen LogP contribution is 2.41. The molecule has 0 fully saturated rings. The molecule has 8 aromatic carbocycles. The smallest absolute Gasteiger partial charge is 0.164 e. The van der Waals surface area contributed by atoms with Crippen LogP contribution in [-0.2, 0) is 0 Å². The zero-order valence-electron chi connectivity index (χ0n) is 38.5. The Morgan fingerprint density at radius 1 is 0.411 bits per heavy atom. The Morgan fingerprint density at radius 2 is 1.02 bits per heavy atom. The molecule has 56 heavy (non-hydrogen) atoms. The lowest BCUT2D eigenvalue weighted by molar-refractivity contribution is 0.669. The van der Waals surface area contributed by atoms with Crippen LogP contribution >= 0.6 is 0 Å². The van der Waals surface area contributed by atoms with E-state index in [1.54, 1.807) is 22.8 Å². The number of furan rings is 1. The van der Waals surface area contributed by atoms with Gasteiger partial charge in [0.15, 0.2) is 17.5 Å². The summed E-state index contributed by atoms with van der Waals surface area (Å²) in [4.78, 5) is 14.8. The van der Waals surface area contributed by atoms with E-state index in [9.17, 15) is 1.37 Å². The second-order valence-electron chi connectivity index (χ2n) is 13.3. The van der Waals surface area contributed by atoms with E-state index in [1.807, 2.05) is 121 Å². The monoisotopic (exact) mass is 725 g/mol. The number of hydrogen-bond donors (Lipinski definition) is 0. The Bertz CT molecular complexity index is 3750. The molecular formula is C51H32N4O. The van der Waals surface area contributed by atoms with E-state index in [0.717, 1.165) is 33.0 Å². The lowest BCUT2D eigenvalue weighted by atomic mass is 10.00. The number of benzene rings is 8. The van der Waals surface area contributed by atoms with Crippen LogP contribution in [0.2, 0.25) is 0 Å². The minimum Gasteiger partial charge on any atom is -0.456 e. The fraction of sp³-hybridized carbons (Fsp3) is 0. The van der Waals surface area contributed by atoms with Crippen molar-refractivity contribution in [2.45, 2.75) is 0 Å². The van der Waals surface area contributed by atoms with Crippen LogP contribution in [-0.4, -0.2) is 19.5 Å². The Kier molecular flexibility index (Phi) is 5.57. The van der Waals surface area contributed by atoms with Gasteiger partial charge in [0.1, 0.15) is 11.2 Å². The molecule has 0 aliphatic heterocycles. The van der Waals surface area contributed by atoms with Gasteiger partial charge >= 0.3 is 0 Å². The van der Waals surface area contributed by atoms with E-state index in [4.69, 9.17) is 30.3 Å². The molecule has 0 unspecified atom stereocenters. The maximum atomic E-state index is 9.23. The summed E-state index contributed by atoms with van der Waals surface area (Å²) in [5.74, 6) is 1.41. The standard InChI is InChI=1S/C51H32N4O/c1-3-14-33(15-4-1)39-21-13-22-43-40-19-8-11-24-45(40)55(48(39)43)44-23-10-7-18-38(44)34-26-28-36(29-27-34)50-52-49(35-16-5-2-6-17-35)53-51(54-50)37-30-31-42-41-20-9-12-25-46(41)56-47(42)32-37/h1-32H/i1D,3D,4D,8D,11D,14D,15D,19D,24D.